The van der Waals surface area contributed by atoms with Crippen molar-refractivity contribution >= 4 is 12.1 Å². The Balaban J connectivity index is 1.59. The van der Waals surface area contributed by atoms with Crippen molar-refractivity contribution < 1.29 is 28.5 Å². The number of ether oxygens (including phenoxy) is 3. The Kier molecular flexibility index (Phi) is 8.02. The smallest absolute Gasteiger partial charge is 0.408 e. The van der Waals surface area contributed by atoms with Crippen molar-refractivity contribution in [3.63, 3.8) is 0 Å². The summed E-state index contributed by atoms with van der Waals surface area (Å²) in [4.78, 5) is 24.3. The van der Waals surface area contributed by atoms with Gasteiger partial charge in [-0.05, 0) is 17.2 Å². The Hall–Kier alpha value is -4.07. The Morgan fingerprint density at radius 2 is 1.56 bits per heavy atom. The van der Waals surface area contributed by atoms with Crippen molar-refractivity contribution in [1.82, 2.24) is 5.32 Å². The summed E-state index contributed by atoms with van der Waals surface area (Å²) in [7, 11) is 1.21. The number of pyridine rings is 1. The third kappa shape index (κ3) is 6.73. The van der Waals surface area contributed by atoms with Crippen LogP contribution in [0.3, 0.4) is 0 Å². The highest BCUT2D eigenvalue weighted by molar-refractivity contribution is 5.81. The number of rotatable bonds is 9. The first kappa shape index (κ1) is 22.6. The quantitative estimate of drug-likeness (QED) is 0.314. The Morgan fingerprint density at radius 3 is 2.16 bits per heavy atom. The number of aromatic nitrogens is 1. The second-order valence-electron chi connectivity index (χ2n) is 6.94. The number of nitrogens with one attached hydrogen (secondary N) is 1. The predicted octanol–water partition coefficient (Wildman–Crippen LogP) is 2.91. The van der Waals surface area contributed by atoms with Gasteiger partial charge < -0.3 is 24.7 Å². The van der Waals surface area contributed by atoms with Gasteiger partial charge in [0.1, 0.15) is 19.3 Å². The average molecular weight is 436 g/mol. The number of amides is 1. The lowest BCUT2D eigenvalue weighted by Crippen LogP contribution is -2.46. The molecule has 32 heavy (non-hydrogen) atoms. The SMILES string of the molecule is COC(=O)[C@H](Cc1ccc(OCc2ccccc2)c[n+]1[O-])NC(=O)OCc1ccccc1. The van der Waals surface area contributed by atoms with E-state index in [4.69, 9.17) is 14.2 Å². The minimum Gasteiger partial charge on any atom is -0.618 e. The van der Waals surface area contributed by atoms with Crippen molar-refractivity contribution in [2.24, 2.45) is 0 Å². The van der Waals surface area contributed by atoms with E-state index < -0.39 is 18.1 Å². The van der Waals surface area contributed by atoms with Crippen LogP contribution < -0.4 is 14.8 Å². The van der Waals surface area contributed by atoms with Gasteiger partial charge in [-0.1, -0.05) is 60.7 Å². The van der Waals surface area contributed by atoms with Crippen LogP contribution in [0.25, 0.3) is 0 Å². The number of hydrogen-bond donors (Lipinski definition) is 1. The number of methoxy groups -OCH3 is 1. The maximum Gasteiger partial charge on any atom is 0.408 e. The fourth-order valence-corrected chi connectivity index (χ4v) is 2.93. The molecule has 8 nitrogen and oxygen atoms in total. The lowest BCUT2D eigenvalue weighted by atomic mass is 10.1. The lowest BCUT2D eigenvalue weighted by molar-refractivity contribution is -0.614. The van der Waals surface area contributed by atoms with Crippen LogP contribution >= 0.6 is 0 Å². The number of carbonyl (C=O) groups excluding carboxylic acids is 2. The standard InChI is InChI=1S/C24H24N2O6/c1-30-23(27)22(25-24(28)32-17-19-10-6-3-7-11-19)14-20-12-13-21(15-26(20)29)31-16-18-8-4-2-5-9-18/h2-13,15,22H,14,16-17H2,1H3,(H,25,28)/t22-/m0/s1. The first-order chi connectivity index (χ1) is 15.5. The van der Waals surface area contributed by atoms with Crippen molar-refractivity contribution in [2.45, 2.75) is 25.7 Å². The van der Waals surface area contributed by atoms with Crippen LogP contribution in [0, 0.1) is 5.21 Å². The summed E-state index contributed by atoms with van der Waals surface area (Å²) < 4.78 is 16.1. The highest BCUT2D eigenvalue weighted by atomic mass is 16.6. The summed E-state index contributed by atoms with van der Waals surface area (Å²) >= 11 is 0. The van der Waals surface area contributed by atoms with Crippen LogP contribution in [0.5, 0.6) is 5.75 Å². The second kappa shape index (κ2) is 11.4. The van der Waals surface area contributed by atoms with Gasteiger partial charge in [-0.15, -0.1) is 0 Å². The second-order valence-corrected chi connectivity index (χ2v) is 6.94. The molecular formula is C24H24N2O6. The minimum absolute atomic E-state index is 0.0512. The van der Waals surface area contributed by atoms with Gasteiger partial charge in [-0.2, -0.15) is 4.73 Å². The molecule has 1 heterocycles. The van der Waals surface area contributed by atoms with E-state index in [1.807, 2.05) is 60.7 Å². The Labute approximate surface area is 185 Å². The topological polar surface area (TPSA) is 101 Å². The van der Waals surface area contributed by atoms with E-state index in [0.29, 0.717) is 17.1 Å². The van der Waals surface area contributed by atoms with Gasteiger partial charge in [0.2, 0.25) is 6.20 Å². The van der Waals surface area contributed by atoms with Crippen LogP contribution in [-0.4, -0.2) is 25.2 Å². The summed E-state index contributed by atoms with van der Waals surface area (Å²) in [5.41, 5.74) is 2.04. The lowest BCUT2D eigenvalue weighted by Gasteiger charge is -2.16. The molecule has 8 heteroatoms. The number of alkyl carbamates (subject to hydrolysis) is 1. The molecule has 2 aromatic carbocycles. The van der Waals surface area contributed by atoms with Gasteiger partial charge in [-0.3, -0.25) is 0 Å². The van der Waals surface area contributed by atoms with Gasteiger partial charge in [-0.25, -0.2) is 9.59 Å². The Morgan fingerprint density at radius 1 is 0.938 bits per heavy atom. The molecule has 1 N–H and O–H groups in total. The highest BCUT2D eigenvalue weighted by Gasteiger charge is 2.26. The summed E-state index contributed by atoms with van der Waals surface area (Å²) in [5, 5.41) is 14.9. The summed E-state index contributed by atoms with van der Waals surface area (Å²) in [6.07, 6.45) is 0.417. The number of nitrogens with zero attached hydrogens (tertiary/aromatic N) is 1. The number of esters is 1. The van der Waals surface area contributed by atoms with E-state index in [9.17, 15) is 14.8 Å². The molecule has 0 aliphatic rings. The predicted molar refractivity (Wildman–Crippen MR) is 115 cm³/mol. The van der Waals surface area contributed by atoms with Crippen LogP contribution in [0.1, 0.15) is 16.8 Å². The monoisotopic (exact) mass is 436 g/mol. The van der Waals surface area contributed by atoms with Gasteiger partial charge in [0, 0.05) is 6.07 Å². The molecule has 0 radical (unpaired) electrons. The highest BCUT2D eigenvalue weighted by Crippen LogP contribution is 2.12. The van der Waals surface area contributed by atoms with Crippen LogP contribution in [0.4, 0.5) is 4.79 Å². The average Bonchev–Trinajstić information content (AvgIpc) is 2.83. The summed E-state index contributed by atoms with van der Waals surface area (Å²) in [6, 6.07) is 20.8. The van der Waals surface area contributed by atoms with Gasteiger partial charge in [0.15, 0.2) is 11.4 Å². The fraction of sp³-hybridized carbons (Fsp3) is 0.208. The van der Waals surface area contributed by atoms with E-state index in [1.54, 1.807) is 12.1 Å². The molecule has 1 aromatic heterocycles. The molecule has 1 amide bonds. The molecule has 0 saturated heterocycles. The summed E-state index contributed by atoms with van der Waals surface area (Å²) in [6.45, 7) is 0.370. The molecule has 0 unspecified atom stereocenters. The number of hydrogen-bond acceptors (Lipinski definition) is 6. The largest absolute Gasteiger partial charge is 0.618 e. The van der Waals surface area contributed by atoms with Gasteiger partial charge in [0.05, 0.1) is 13.5 Å². The molecule has 166 valence electrons. The van der Waals surface area contributed by atoms with Crippen LogP contribution in [0.15, 0.2) is 79.0 Å². The zero-order valence-electron chi connectivity index (χ0n) is 17.6. The molecule has 0 fully saturated rings. The first-order valence-electron chi connectivity index (χ1n) is 9.99. The van der Waals surface area contributed by atoms with Crippen LogP contribution in [0.2, 0.25) is 0 Å². The van der Waals surface area contributed by atoms with E-state index in [2.05, 4.69) is 5.32 Å². The van der Waals surface area contributed by atoms with Crippen molar-refractivity contribution in [2.75, 3.05) is 7.11 Å². The maximum absolute atomic E-state index is 12.4. The molecular weight excluding hydrogens is 412 g/mol. The van der Waals surface area contributed by atoms with Crippen molar-refractivity contribution in [3.8, 4) is 5.75 Å². The van der Waals surface area contributed by atoms with E-state index >= 15 is 0 Å². The van der Waals surface area contributed by atoms with E-state index in [-0.39, 0.29) is 18.7 Å². The van der Waals surface area contributed by atoms with Crippen molar-refractivity contribution in [1.29, 1.82) is 0 Å². The molecule has 0 aliphatic carbocycles. The third-order valence-corrected chi connectivity index (χ3v) is 4.62. The molecule has 0 spiro atoms. The van der Waals surface area contributed by atoms with Crippen LogP contribution in [-0.2, 0) is 33.9 Å². The first-order valence-corrected chi connectivity index (χ1v) is 9.99. The molecule has 0 aliphatic heterocycles. The molecule has 3 aromatic rings. The Bertz CT molecular complexity index is 1030. The van der Waals surface area contributed by atoms with Crippen molar-refractivity contribution in [3.05, 3.63) is 101 Å². The fourth-order valence-electron chi connectivity index (χ4n) is 2.93. The van der Waals surface area contributed by atoms with E-state index in [0.717, 1.165) is 11.1 Å². The maximum atomic E-state index is 12.4. The zero-order chi connectivity index (χ0) is 22.8. The van der Waals surface area contributed by atoms with E-state index in [1.165, 1.54) is 13.3 Å². The molecule has 0 bridgehead atoms. The molecule has 0 saturated carbocycles. The van der Waals surface area contributed by atoms with Gasteiger partial charge in [0.25, 0.3) is 0 Å². The van der Waals surface area contributed by atoms with Gasteiger partial charge >= 0.3 is 12.1 Å². The minimum atomic E-state index is -1.08. The normalized spacial score (nSPS) is 11.3. The zero-order valence-corrected chi connectivity index (χ0v) is 17.6. The molecule has 3 rings (SSSR count). The number of carbonyl (C=O) groups is 2. The number of benzene rings is 2. The molecule has 1 atom stereocenters. The third-order valence-electron chi connectivity index (χ3n) is 4.62. The summed E-state index contributed by atoms with van der Waals surface area (Å²) in [5.74, 6) is -0.302.